The van der Waals surface area contributed by atoms with E-state index < -0.39 is 7.38 Å². The van der Waals surface area contributed by atoms with Crippen LogP contribution < -0.4 is 0 Å². The van der Waals surface area contributed by atoms with Crippen LogP contribution in [0.4, 0.5) is 0 Å². The van der Waals surface area contributed by atoms with Crippen molar-refractivity contribution in [2.45, 2.75) is 44.7 Å². The largest absolute Gasteiger partial charge is 0.168 e. The molecule has 0 saturated heterocycles. The Kier molecular flexibility index (Phi) is 4.90. The second kappa shape index (κ2) is 4.57. The van der Waals surface area contributed by atoms with Crippen LogP contribution in [0.2, 0.25) is 38.3 Å². The van der Waals surface area contributed by atoms with Crippen LogP contribution in [0.15, 0.2) is 0 Å². The van der Waals surface area contributed by atoms with Crippen molar-refractivity contribution in [3.8, 4) is 0 Å². The smallest absolute Gasteiger partial charge is 0.150 e. The average molecular weight is 195 g/mol. The Bertz CT molecular complexity index is 86.1. The Morgan fingerprint density at radius 2 is 1.80 bits per heavy atom. The highest BCUT2D eigenvalue weighted by molar-refractivity contribution is 7.19. The lowest BCUT2D eigenvalue weighted by Gasteiger charge is -2.12. The van der Waals surface area contributed by atoms with Crippen molar-refractivity contribution < 1.29 is 0 Å². The maximum Gasteiger partial charge on any atom is 0.150 e. The molecule has 0 atom stereocenters. The molecule has 0 aliphatic rings. The highest BCUT2D eigenvalue weighted by Gasteiger charge is 2.15. The van der Waals surface area contributed by atoms with Gasteiger partial charge < -0.3 is 0 Å². The van der Waals surface area contributed by atoms with Crippen LogP contribution in [0.1, 0.15) is 6.42 Å². The number of hydrogen-bond acceptors (Lipinski definition) is 0. The molecule has 0 fully saturated rings. The van der Waals surface area contributed by atoms with Gasteiger partial charge in [0, 0.05) is 8.80 Å². The SMILES string of the molecule is C[SiH](C)CCC[Si](C)(C)Cl. The maximum absolute atomic E-state index is 6.17. The van der Waals surface area contributed by atoms with Crippen molar-refractivity contribution in [3.05, 3.63) is 0 Å². The first kappa shape index (κ1) is 10.7. The lowest BCUT2D eigenvalue weighted by molar-refractivity contribution is 1.04. The molecule has 0 rings (SSSR count). The van der Waals surface area contributed by atoms with E-state index in [4.69, 9.17) is 11.1 Å². The summed E-state index contributed by atoms with van der Waals surface area (Å²) < 4.78 is 0. The molecule has 10 heavy (non-hydrogen) atoms. The number of hydrogen-bond donors (Lipinski definition) is 0. The Morgan fingerprint density at radius 3 is 2.10 bits per heavy atom. The van der Waals surface area contributed by atoms with Crippen molar-refractivity contribution in [2.75, 3.05) is 0 Å². The Labute approximate surface area is 72.3 Å². The van der Waals surface area contributed by atoms with Crippen molar-refractivity contribution in [2.24, 2.45) is 0 Å². The van der Waals surface area contributed by atoms with E-state index in [9.17, 15) is 0 Å². The zero-order chi connectivity index (χ0) is 8.20. The van der Waals surface area contributed by atoms with E-state index in [1.54, 1.807) is 0 Å². The minimum absolute atomic E-state index is 0.296. The van der Waals surface area contributed by atoms with Gasteiger partial charge in [-0.2, -0.15) is 11.1 Å². The van der Waals surface area contributed by atoms with Crippen molar-refractivity contribution in [3.63, 3.8) is 0 Å². The zero-order valence-electron chi connectivity index (χ0n) is 7.58. The minimum atomic E-state index is -1.23. The molecule has 0 aliphatic heterocycles. The van der Waals surface area contributed by atoms with E-state index in [2.05, 4.69) is 26.2 Å². The van der Waals surface area contributed by atoms with Crippen LogP contribution in [0.3, 0.4) is 0 Å². The van der Waals surface area contributed by atoms with Gasteiger partial charge in [-0.1, -0.05) is 38.7 Å². The molecule has 3 heteroatoms. The molecule has 0 heterocycles. The quantitative estimate of drug-likeness (QED) is 0.476. The third-order valence-electron chi connectivity index (χ3n) is 1.55. The van der Waals surface area contributed by atoms with Gasteiger partial charge in [0.25, 0.3) is 0 Å². The molecule has 0 saturated carbocycles. The minimum Gasteiger partial charge on any atom is -0.168 e. The first-order valence-corrected chi connectivity index (χ1v) is 11.5. The normalized spacial score (nSPS) is 12.6. The molecule has 0 unspecified atom stereocenters. The fraction of sp³-hybridized carbons (Fsp3) is 1.00. The second-order valence-corrected chi connectivity index (χ2v) is 14.4. The van der Waals surface area contributed by atoms with Crippen LogP contribution in [0.5, 0.6) is 0 Å². The Balaban J connectivity index is 3.21. The van der Waals surface area contributed by atoms with E-state index >= 15 is 0 Å². The van der Waals surface area contributed by atoms with Gasteiger partial charge in [-0.15, -0.1) is 0 Å². The van der Waals surface area contributed by atoms with Crippen molar-refractivity contribution in [1.82, 2.24) is 0 Å². The predicted molar refractivity (Wildman–Crippen MR) is 56.4 cm³/mol. The maximum atomic E-state index is 6.17. The molecular formula is C7H19ClSi2. The third kappa shape index (κ3) is 8.72. The lowest BCUT2D eigenvalue weighted by Crippen LogP contribution is -2.16. The van der Waals surface area contributed by atoms with Crippen LogP contribution >= 0.6 is 11.1 Å². The molecule has 0 aromatic carbocycles. The molecule has 0 N–H and O–H groups in total. The van der Waals surface area contributed by atoms with Crippen LogP contribution in [0.25, 0.3) is 0 Å². The van der Waals surface area contributed by atoms with Crippen molar-refractivity contribution in [1.29, 1.82) is 0 Å². The van der Waals surface area contributed by atoms with Gasteiger partial charge in [-0.3, -0.25) is 0 Å². The monoisotopic (exact) mass is 194 g/mol. The van der Waals surface area contributed by atoms with E-state index in [1.165, 1.54) is 18.5 Å². The summed E-state index contributed by atoms with van der Waals surface area (Å²) in [6.07, 6.45) is 1.38. The van der Waals surface area contributed by atoms with Gasteiger partial charge in [0.05, 0.1) is 0 Å². The molecule has 62 valence electrons. The van der Waals surface area contributed by atoms with E-state index in [0.717, 1.165) is 0 Å². The summed E-state index contributed by atoms with van der Waals surface area (Å²) in [5.41, 5.74) is 0. The van der Waals surface area contributed by atoms with Crippen LogP contribution in [-0.4, -0.2) is 16.2 Å². The topological polar surface area (TPSA) is 0 Å². The first-order chi connectivity index (χ1) is 4.42. The summed E-state index contributed by atoms with van der Waals surface area (Å²) in [5, 5.41) is 0. The zero-order valence-corrected chi connectivity index (χ0v) is 10.5. The predicted octanol–water partition coefficient (Wildman–Crippen LogP) is 3.31. The summed E-state index contributed by atoms with van der Waals surface area (Å²) in [5.74, 6) is 0. The Morgan fingerprint density at radius 1 is 1.30 bits per heavy atom. The number of rotatable bonds is 4. The summed E-state index contributed by atoms with van der Waals surface area (Å²) in [4.78, 5) is 0. The van der Waals surface area contributed by atoms with Crippen molar-refractivity contribution >= 4 is 27.3 Å². The highest BCUT2D eigenvalue weighted by atomic mass is 35.6. The highest BCUT2D eigenvalue weighted by Crippen LogP contribution is 2.18. The fourth-order valence-corrected chi connectivity index (χ4v) is 3.81. The van der Waals surface area contributed by atoms with E-state index in [0.29, 0.717) is 0 Å². The van der Waals surface area contributed by atoms with Crippen LogP contribution in [0, 0.1) is 0 Å². The van der Waals surface area contributed by atoms with E-state index in [-0.39, 0.29) is 8.80 Å². The van der Waals surface area contributed by atoms with Gasteiger partial charge in [-0.25, -0.2) is 0 Å². The van der Waals surface area contributed by atoms with Crippen LogP contribution in [-0.2, 0) is 0 Å². The second-order valence-electron chi connectivity index (χ2n) is 4.00. The van der Waals surface area contributed by atoms with Gasteiger partial charge in [-0.05, 0) is 6.04 Å². The summed E-state index contributed by atoms with van der Waals surface area (Å²) >= 11 is 6.17. The first-order valence-electron chi connectivity index (χ1n) is 4.11. The molecule has 0 bridgehead atoms. The molecule has 0 aliphatic carbocycles. The summed E-state index contributed by atoms with van der Waals surface area (Å²) in [6, 6.07) is 2.78. The summed E-state index contributed by atoms with van der Waals surface area (Å²) in [6.45, 7) is 9.28. The molecule has 0 aromatic heterocycles. The van der Waals surface area contributed by atoms with Gasteiger partial charge in [0.2, 0.25) is 0 Å². The average Bonchev–Trinajstić information content (AvgIpc) is 1.59. The van der Waals surface area contributed by atoms with E-state index in [1.807, 2.05) is 0 Å². The molecule has 0 aromatic rings. The van der Waals surface area contributed by atoms with Gasteiger partial charge in [0.1, 0.15) is 7.38 Å². The lowest BCUT2D eigenvalue weighted by atomic mass is 10.6. The van der Waals surface area contributed by atoms with Gasteiger partial charge >= 0.3 is 0 Å². The molecule has 0 amide bonds. The standard InChI is InChI=1S/C7H19ClSi2/c1-9(2)6-5-7-10(3,4)8/h9H,5-7H2,1-4H3. The molecule has 0 spiro atoms. The third-order valence-corrected chi connectivity index (χ3v) is 5.23. The van der Waals surface area contributed by atoms with Gasteiger partial charge in [0.15, 0.2) is 0 Å². The molecule has 0 radical (unpaired) electrons. The molecular weight excluding hydrogens is 176 g/mol. The fourth-order valence-electron chi connectivity index (χ4n) is 0.931. The summed E-state index contributed by atoms with van der Waals surface area (Å²) in [7, 11) is -1.53. The molecule has 0 nitrogen and oxygen atoms in total. The number of halogens is 1. The Hall–Kier alpha value is 0.724.